The van der Waals surface area contributed by atoms with Crippen LogP contribution in [0.15, 0.2) is 18.2 Å². The van der Waals surface area contributed by atoms with E-state index in [9.17, 15) is 31.1 Å². The van der Waals surface area contributed by atoms with E-state index in [1.165, 1.54) is 0 Å². The molecule has 0 saturated heterocycles. The summed E-state index contributed by atoms with van der Waals surface area (Å²) in [7, 11) is 0. The molecule has 0 N–H and O–H groups in total. The fraction of sp³-hybridized carbons (Fsp3) is 0.708. The van der Waals surface area contributed by atoms with Crippen LogP contribution in [0.25, 0.3) is 0 Å². The standard InChI is InChI=1S/C24H30F6O4/c1-15-2-6-17(7-3-15)22(31)32-18-8-4-16(5-9-18)12-13-23(26,27)33-19-10-11-21(20(25)14-19)34-24(28,29)30/h10-11,14-18H,2-9,12-13H2,1H3. The number of hydrogen-bond donors (Lipinski definition) is 0. The van der Waals surface area contributed by atoms with E-state index < -0.39 is 36.2 Å². The lowest BCUT2D eigenvalue weighted by atomic mass is 9.82. The van der Waals surface area contributed by atoms with Crippen LogP contribution in [-0.2, 0) is 9.53 Å². The Hall–Kier alpha value is -2.13. The molecule has 0 unspecified atom stereocenters. The minimum atomic E-state index is -5.10. The second-order valence-electron chi connectivity index (χ2n) is 9.45. The first-order valence-corrected chi connectivity index (χ1v) is 11.7. The normalized spacial score (nSPS) is 26.1. The van der Waals surface area contributed by atoms with Gasteiger partial charge in [-0.3, -0.25) is 4.79 Å². The molecule has 0 amide bonds. The highest BCUT2D eigenvalue weighted by Gasteiger charge is 2.36. The molecule has 192 valence electrons. The number of hydrogen-bond acceptors (Lipinski definition) is 4. The van der Waals surface area contributed by atoms with Crippen LogP contribution in [0.3, 0.4) is 0 Å². The number of ether oxygens (including phenoxy) is 3. The van der Waals surface area contributed by atoms with Crippen molar-refractivity contribution in [2.45, 2.75) is 89.7 Å². The molecule has 0 radical (unpaired) electrons. The molecule has 10 heteroatoms. The van der Waals surface area contributed by atoms with Crippen molar-refractivity contribution in [3.63, 3.8) is 0 Å². The fourth-order valence-electron chi connectivity index (χ4n) is 4.64. The maximum Gasteiger partial charge on any atom is 0.573 e. The summed E-state index contributed by atoms with van der Waals surface area (Å²) in [6, 6.07) is 1.82. The molecule has 0 aromatic heterocycles. The Morgan fingerprint density at radius 3 is 2.18 bits per heavy atom. The van der Waals surface area contributed by atoms with E-state index in [4.69, 9.17) is 4.74 Å². The second-order valence-corrected chi connectivity index (χ2v) is 9.45. The number of alkyl halides is 5. The van der Waals surface area contributed by atoms with Gasteiger partial charge in [-0.1, -0.05) is 6.92 Å². The number of rotatable bonds is 8. The van der Waals surface area contributed by atoms with Crippen LogP contribution in [0.5, 0.6) is 11.5 Å². The SMILES string of the molecule is CC1CCC(C(=O)OC2CCC(CCC(F)(F)Oc3ccc(OC(F)(F)F)c(F)c3)CC2)CC1. The summed E-state index contributed by atoms with van der Waals surface area (Å²) >= 11 is 0. The van der Waals surface area contributed by atoms with E-state index in [-0.39, 0.29) is 30.3 Å². The summed E-state index contributed by atoms with van der Waals surface area (Å²) < 4.78 is 92.4. The monoisotopic (exact) mass is 496 g/mol. The molecule has 2 aliphatic rings. The van der Waals surface area contributed by atoms with Crippen LogP contribution >= 0.6 is 0 Å². The average molecular weight is 496 g/mol. The van der Waals surface area contributed by atoms with E-state index >= 15 is 0 Å². The summed E-state index contributed by atoms with van der Waals surface area (Å²) in [6.45, 7) is 2.18. The van der Waals surface area contributed by atoms with E-state index in [1.54, 1.807) is 0 Å². The lowest BCUT2D eigenvalue weighted by Gasteiger charge is -2.31. The number of carbonyl (C=O) groups excluding carboxylic acids is 1. The topological polar surface area (TPSA) is 44.8 Å². The van der Waals surface area contributed by atoms with Crippen LogP contribution < -0.4 is 9.47 Å². The number of benzene rings is 1. The highest BCUT2D eigenvalue weighted by Crippen LogP contribution is 2.36. The van der Waals surface area contributed by atoms with Crippen LogP contribution in [0.4, 0.5) is 26.3 Å². The molecule has 34 heavy (non-hydrogen) atoms. The van der Waals surface area contributed by atoms with Gasteiger partial charge in [-0.15, -0.1) is 13.2 Å². The second kappa shape index (κ2) is 11.1. The first kappa shape index (κ1) is 26.5. The third-order valence-corrected chi connectivity index (χ3v) is 6.67. The highest BCUT2D eigenvalue weighted by molar-refractivity contribution is 5.72. The predicted octanol–water partition coefficient (Wildman–Crippen LogP) is 7.40. The van der Waals surface area contributed by atoms with Gasteiger partial charge in [-0.05, 0) is 81.8 Å². The molecule has 2 aliphatic carbocycles. The zero-order valence-corrected chi connectivity index (χ0v) is 19.0. The third kappa shape index (κ3) is 8.27. The zero-order valence-electron chi connectivity index (χ0n) is 19.0. The Labute approximate surface area is 194 Å². The Morgan fingerprint density at radius 2 is 1.59 bits per heavy atom. The molecule has 1 aromatic carbocycles. The van der Waals surface area contributed by atoms with Gasteiger partial charge in [0.15, 0.2) is 11.6 Å². The molecule has 0 spiro atoms. The molecular weight excluding hydrogens is 466 g/mol. The maximum absolute atomic E-state index is 14.2. The minimum Gasteiger partial charge on any atom is -0.462 e. The Bertz CT molecular complexity index is 812. The summed E-state index contributed by atoms with van der Waals surface area (Å²) in [5.41, 5.74) is 0. The van der Waals surface area contributed by atoms with E-state index in [0.717, 1.165) is 31.7 Å². The molecular formula is C24H30F6O4. The molecule has 0 atom stereocenters. The van der Waals surface area contributed by atoms with Gasteiger partial charge in [0.2, 0.25) is 0 Å². The predicted molar refractivity (Wildman–Crippen MR) is 111 cm³/mol. The Kier molecular flexibility index (Phi) is 8.62. The van der Waals surface area contributed by atoms with Crippen LogP contribution in [0.2, 0.25) is 0 Å². The van der Waals surface area contributed by atoms with Crippen molar-refractivity contribution >= 4 is 5.97 Å². The summed E-state index contributed by atoms with van der Waals surface area (Å²) in [6.07, 6.45) is -3.05. The maximum atomic E-state index is 14.2. The number of esters is 1. The van der Waals surface area contributed by atoms with Crippen molar-refractivity contribution in [1.82, 2.24) is 0 Å². The molecule has 0 aliphatic heterocycles. The van der Waals surface area contributed by atoms with Crippen LogP contribution in [-0.4, -0.2) is 24.5 Å². The first-order valence-electron chi connectivity index (χ1n) is 11.7. The summed E-state index contributed by atoms with van der Waals surface area (Å²) in [4.78, 5) is 12.4. The average Bonchev–Trinajstić information content (AvgIpc) is 2.75. The molecule has 0 bridgehead atoms. The fourth-order valence-corrected chi connectivity index (χ4v) is 4.64. The van der Waals surface area contributed by atoms with Crippen LogP contribution in [0, 0.1) is 23.6 Å². The lowest BCUT2D eigenvalue weighted by molar-refractivity contribution is -0.275. The lowest BCUT2D eigenvalue weighted by Crippen LogP contribution is -2.30. The van der Waals surface area contributed by atoms with E-state index in [2.05, 4.69) is 16.4 Å². The molecule has 1 aromatic rings. The minimum absolute atomic E-state index is 0.0132. The molecule has 2 fully saturated rings. The quantitative estimate of drug-likeness (QED) is 0.278. The molecule has 2 saturated carbocycles. The zero-order chi connectivity index (χ0) is 24.9. The van der Waals surface area contributed by atoms with Crippen molar-refractivity contribution in [2.24, 2.45) is 17.8 Å². The third-order valence-electron chi connectivity index (χ3n) is 6.67. The molecule has 3 rings (SSSR count). The van der Waals surface area contributed by atoms with Crippen molar-refractivity contribution < 1.29 is 45.3 Å². The molecule has 4 nitrogen and oxygen atoms in total. The Morgan fingerprint density at radius 1 is 0.941 bits per heavy atom. The summed E-state index contributed by atoms with van der Waals surface area (Å²) in [5.74, 6) is -2.70. The van der Waals surface area contributed by atoms with Crippen molar-refractivity contribution in [2.75, 3.05) is 0 Å². The van der Waals surface area contributed by atoms with Crippen LogP contribution in [0.1, 0.15) is 71.1 Å². The van der Waals surface area contributed by atoms with Gasteiger partial charge in [0.05, 0.1) is 12.3 Å². The van der Waals surface area contributed by atoms with Crippen molar-refractivity contribution in [3.05, 3.63) is 24.0 Å². The van der Waals surface area contributed by atoms with Gasteiger partial charge in [0.1, 0.15) is 11.9 Å². The highest BCUT2D eigenvalue weighted by atomic mass is 19.4. The van der Waals surface area contributed by atoms with Gasteiger partial charge >= 0.3 is 18.4 Å². The van der Waals surface area contributed by atoms with Gasteiger partial charge in [-0.2, -0.15) is 8.78 Å². The number of halogens is 6. The van der Waals surface area contributed by atoms with Gasteiger partial charge in [-0.25, -0.2) is 4.39 Å². The smallest absolute Gasteiger partial charge is 0.462 e. The summed E-state index contributed by atoms with van der Waals surface area (Å²) in [5, 5.41) is 0. The van der Waals surface area contributed by atoms with Gasteiger partial charge in [0, 0.05) is 6.07 Å². The Balaban J connectivity index is 1.40. The first-order chi connectivity index (χ1) is 15.9. The van der Waals surface area contributed by atoms with Gasteiger partial charge in [0.25, 0.3) is 0 Å². The largest absolute Gasteiger partial charge is 0.573 e. The van der Waals surface area contributed by atoms with E-state index in [0.29, 0.717) is 43.7 Å². The van der Waals surface area contributed by atoms with Crippen molar-refractivity contribution in [3.8, 4) is 11.5 Å². The molecule has 0 heterocycles. The van der Waals surface area contributed by atoms with E-state index in [1.807, 2.05) is 0 Å². The van der Waals surface area contributed by atoms with Gasteiger partial charge < -0.3 is 14.2 Å². The van der Waals surface area contributed by atoms with Crippen molar-refractivity contribution in [1.29, 1.82) is 0 Å². The number of carbonyl (C=O) groups is 1.